The van der Waals surface area contributed by atoms with Crippen molar-refractivity contribution < 1.29 is 24.3 Å². The van der Waals surface area contributed by atoms with Crippen LogP contribution < -0.4 is 16.5 Å². The van der Waals surface area contributed by atoms with E-state index >= 15 is 0 Å². The fraction of sp³-hybridized carbons (Fsp3) is 0.208. The molecule has 4 aromatic rings. The zero-order valence-electron chi connectivity index (χ0n) is 18.2. The summed E-state index contributed by atoms with van der Waals surface area (Å²) in [5, 5.41) is 16.7. The van der Waals surface area contributed by atoms with Gasteiger partial charge in [-0.1, -0.05) is 36.4 Å². The number of nitrogens with one attached hydrogen (secondary N) is 4. The first-order valence-electron chi connectivity index (χ1n) is 10.7. The first kappa shape index (κ1) is 23.0. The van der Waals surface area contributed by atoms with Gasteiger partial charge in [-0.2, -0.15) is 0 Å². The van der Waals surface area contributed by atoms with E-state index in [0.717, 1.165) is 32.9 Å². The van der Waals surface area contributed by atoms with Crippen LogP contribution in [0.1, 0.15) is 11.1 Å². The lowest BCUT2D eigenvalue weighted by molar-refractivity contribution is -0.142. The van der Waals surface area contributed by atoms with E-state index < -0.39 is 36.5 Å². The van der Waals surface area contributed by atoms with Crippen LogP contribution in [-0.4, -0.2) is 51.5 Å². The molecule has 2 amide bonds. The second-order valence-corrected chi connectivity index (χ2v) is 7.96. The van der Waals surface area contributed by atoms with Crippen LogP contribution in [0, 0.1) is 0 Å². The Balaban J connectivity index is 1.54. The highest BCUT2D eigenvalue weighted by Crippen LogP contribution is 2.21. The molecule has 2 atom stereocenters. The lowest BCUT2D eigenvalue weighted by Crippen LogP contribution is -2.53. The molecule has 10 nitrogen and oxygen atoms in total. The summed E-state index contributed by atoms with van der Waals surface area (Å²) in [7, 11) is 0. The summed E-state index contributed by atoms with van der Waals surface area (Å²) in [5.41, 5.74) is 3.32. The fourth-order valence-electron chi connectivity index (χ4n) is 4.03. The SMILES string of the molecule is NOCC(=O)NC(Cc1c[nH]c2ccccc12)C(=O)NC(Cc1c[nH]c2ccccc12)C(=O)O. The average Bonchev–Trinajstić information content (AvgIpc) is 3.42. The van der Waals surface area contributed by atoms with Crippen LogP contribution in [0.2, 0.25) is 0 Å². The Labute approximate surface area is 194 Å². The maximum absolute atomic E-state index is 13.2. The third-order valence-corrected chi connectivity index (χ3v) is 5.68. The summed E-state index contributed by atoms with van der Waals surface area (Å²) in [6, 6.07) is 12.8. The van der Waals surface area contributed by atoms with Crippen LogP contribution in [0.15, 0.2) is 60.9 Å². The van der Waals surface area contributed by atoms with E-state index in [1.807, 2.05) is 48.5 Å². The van der Waals surface area contributed by atoms with Gasteiger partial charge < -0.3 is 25.7 Å². The van der Waals surface area contributed by atoms with E-state index in [2.05, 4.69) is 25.4 Å². The highest BCUT2D eigenvalue weighted by atomic mass is 16.6. The number of carboxylic acids is 1. The first-order valence-corrected chi connectivity index (χ1v) is 10.7. The van der Waals surface area contributed by atoms with Crippen molar-refractivity contribution in [3.8, 4) is 0 Å². The zero-order valence-corrected chi connectivity index (χ0v) is 18.2. The number of hydrogen-bond donors (Lipinski definition) is 6. The van der Waals surface area contributed by atoms with Crippen molar-refractivity contribution in [2.75, 3.05) is 6.61 Å². The predicted octanol–water partition coefficient (Wildman–Crippen LogP) is 1.38. The quantitative estimate of drug-likeness (QED) is 0.195. The lowest BCUT2D eigenvalue weighted by atomic mass is 10.0. The Morgan fingerprint density at radius 2 is 1.38 bits per heavy atom. The van der Waals surface area contributed by atoms with E-state index in [0.29, 0.717) is 0 Å². The summed E-state index contributed by atoms with van der Waals surface area (Å²) in [4.78, 5) is 47.9. The van der Waals surface area contributed by atoms with E-state index in [1.54, 1.807) is 12.4 Å². The number of carbonyl (C=O) groups is 3. The molecule has 0 aliphatic rings. The molecule has 0 spiro atoms. The Morgan fingerprint density at radius 1 is 0.853 bits per heavy atom. The van der Waals surface area contributed by atoms with Gasteiger partial charge in [-0.15, -0.1) is 0 Å². The maximum Gasteiger partial charge on any atom is 0.326 e. The number of nitrogens with two attached hydrogens (primary N) is 1. The number of amides is 2. The Bertz CT molecular complexity index is 1330. The molecule has 0 fully saturated rings. The zero-order chi connectivity index (χ0) is 24.1. The minimum absolute atomic E-state index is 0.0742. The van der Waals surface area contributed by atoms with Crippen molar-refractivity contribution in [2.24, 2.45) is 5.90 Å². The van der Waals surface area contributed by atoms with Crippen LogP contribution in [-0.2, 0) is 32.1 Å². The second-order valence-electron chi connectivity index (χ2n) is 7.96. The molecule has 0 aliphatic carbocycles. The summed E-state index contributed by atoms with van der Waals surface area (Å²) in [5.74, 6) is 2.59. The number of fused-ring (bicyclic) bond motifs is 2. The second kappa shape index (κ2) is 10.2. The predicted molar refractivity (Wildman–Crippen MR) is 126 cm³/mol. The van der Waals surface area contributed by atoms with Crippen LogP contribution in [0.5, 0.6) is 0 Å². The molecule has 2 unspecified atom stereocenters. The summed E-state index contributed by atoms with van der Waals surface area (Å²) < 4.78 is 0. The topological polar surface area (TPSA) is 162 Å². The largest absolute Gasteiger partial charge is 0.480 e. The number of para-hydroxylation sites is 2. The van der Waals surface area contributed by atoms with Crippen LogP contribution >= 0.6 is 0 Å². The minimum atomic E-state index is -1.19. The number of carbonyl (C=O) groups excluding carboxylic acids is 2. The van der Waals surface area contributed by atoms with Gasteiger partial charge in [-0.3, -0.25) is 14.4 Å². The molecule has 4 rings (SSSR count). The third kappa shape index (κ3) is 5.08. The smallest absolute Gasteiger partial charge is 0.326 e. The number of aromatic amines is 2. The maximum atomic E-state index is 13.2. The normalized spacial score (nSPS) is 13.0. The molecule has 0 saturated heterocycles. The number of benzene rings is 2. The van der Waals surface area contributed by atoms with Crippen LogP contribution in [0.4, 0.5) is 0 Å². The van der Waals surface area contributed by atoms with Gasteiger partial charge >= 0.3 is 5.97 Å². The average molecular weight is 463 g/mol. The Hall–Kier alpha value is -4.15. The van der Waals surface area contributed by atoms with Gasteiger partial charge in [0.05, 0.1) is 0 Å². The molecule has 7 N–H and O–H groups in total. The molecule has 0 radical (unpaired) electrons. The molecule has 2 heterocycles. The standard InChI is InChI=1S/C24H25N5O5/c25-34-13-22(30)28-20(9-14-11-26-18-7-3-1-5-16(14)18)23(31)29-21(24(32)33)10-15-12-27-19-8-4-2-6-17(15)19/h1-8,11-12,20-21,26-27H,9-10,13,25H2,(H,28,30)(H,29,31)(H,32,33). The number of hydrogen-bond acceptors (Lipinski definition) is 5. The Morgan fingerprint density at radius 3 is 1.91 bits per heavy atom. The van der Waals surface area contributed by atoms with Crippen molar-refractivity contribution in [1.29, 1.82) is 0 Å². The number of H-pyrrole nitrogens is 2. The summed E-state index contributed by atoms with van der Waals surface area (Å²) >= 11 is 0. The third-order valence-electron chi connectivity index (χ3n) is 5.68. The van der Waals surface area contributed by atoms with Crippen molar-refractivity contribution in [3.63, 3.8) is 0 Å². The monoisotopic (exact) mass is 463 g/mol. The van der Waals surface area contributed by atoms with Crippen molar-refractivity contribution in [2.45, 2.75) is 24.9 Å². The summed E-state index contributed by atoms with van der Waals surface area (Å²) in [6.45, 7) is -0.435. The molecular weight excluding hydrogens is 438 g/mol. The van der Waals surface area contributed by atoms with Crippen LogP contribution in [0.3, 0.4) is 0 Å². The highest BCUT2D eigenvalue weighted by molar-refractivity contribution is 5.92. The van der Waals surface area contributed by atoms with Gasteiger partial charge in [0.25, 0.3) is 0 Å². The molecule has 176 valence electrons. The van der Waals surface area contributed by atoms with Crippen molar-refractivity contribution in [3.05, 3.63) is 72.1 Å². The van der Waals surface area contributed by atoms with Gasteiger partial charge in [0.2, 0.25) is 11.8 Å². The fourth-order valence-corrected chi connectivity index (χ4v) is 4.03. The highest BCUT2D eigenvalue weighted by Gasteiger charge is 2.28. The number of aromatic nitrogens is 2. The molecule has 10 heteroatoms. The number of rotatable bonds is 10. The first-order chi connectivity index (χ1) is 16.5. The van der Waals surface area contributed by atoms with E-state index in [9.17, 15) is 19.5 Å². The molecule has 2 aromatic heterocycles. The minimum Gasteiger partial charge on any atom is -0.480 e. The molecule has 2 aromatic carbocycles. The van der Waals surface area contributed by atoms with Gasteiger partial charge in [-0.05, 0) is 23.3 Å². The van der Waals surface area contributed by atoms with Crippen molar-refractivity contribution >= 4 is 39.6 Å². The van der Waals surface area contributed by atoms with Crippen molar-refractivity contribution in [1.82, 2.24) is 20.6 Å². The summed E-state index contributed by atoms with van der Waals surface area (Å²) in [6.07, 6.45) is 3.71. The van der Waals surface area contributed by atoms with Gasteiger partial charge in [0.15, 0.2) is 0 Å². The molecule has 0 aliphatic heterocycles. The molecule has 34 heavy (non-hydrogen) atoms. The van der Waals surface area contributed by atoms with Crippen LogP contribution in [0.25, 0.3) is 21.8 Å². The van der Waals surface area contributed by atoms with Gasteiger partial charge in [0.1, 0.15) is 18.7 Å². The van der Waals surface area contributed by atoms with E-state index in [-0.39, 0.29) is 12.8 Å². The number of carboxylic acid groups (broad SMARTS) is 1. The van der Waals surface area contributed by atoms with Gasteiger partial charge in [-0.25, -0.2) is 10.7 Å². The molecule has 0 saturated carbocycles. The Kier molecular flexibility index (Phi) is 6.90. The molecular formula is C24H25N5O5. The van der Waals surface area contributed by atoms with E-state index in [4.69, 9.17) is 5.90 Å². The number of aliphatic carboxylic acids is 1. The lowest BCUT2D eigenvalue weighted by Gasteiger charge is -2.21. The van der Waals surface area contributed by atoms with E-state index in [1.165, 1.54) is 0 Å². The van der Waals surface area contributed by atoms with Gasteiger partial charge in [0, 0.05) is 47.0 Å². The molecule has 0 bridgehead atoms.